The fraction of sp³-hybridized carbons (Fsp3) is 0.500. The Morgan fingerprint density at radius 1 is 1.47 bits per heavy atom. The molecule has 0 fully saturated rings. The number of carbonyl (C=O) groups is 2. The van der Waals surface area contributed by atoms with E-state index in [1.807, 2.05) is 13.8 Å². The average molecular weight is 239 g/mol. The highest BCUT2D eigenvalue weighted by Gasteiger charge is 2.22. The van der Waals surface area contributed by atoms with Crippen molar-refractivity contribution in [2.75, 3.05) is 13.7 Å². The highest BCUT2D eigenvalue weighted by molar-refractivity contribution is 5.96. The lowest BCUT2D eigenvalue weighted by Crippen LogP contribution is -2.40. The molecule has 0 aliphatic rings. The number of rotatable bonds is 4. The molecule has 0 N–H and O–H groups in total. The number of carbonyl (C=O) groups excluding carboxylic acids is 2. The maximum atomic E-state index is 12.1. The summed E-state index contributed by atoms with van der Waals surface area (Å²) < 4.78 is 9.65. The Kier molecular flexibility index (Phi) is 4.31. The molecule has 0 spiro atoms. The third-order valence-electron chi connectivity index (χ3n) is 2.39. The van der Waals surface area contributed by atoms with Gasteiger partial charge < -0.3 is 14.1 Å². The number of hydrogen-bond donors (Lipinski definition) is 0. The zero-order valence-electron chi connectivity index (χ0n) is 10.5. The molecule has 5 nitrogen and oxygen atoms in total. The van der Waals surface area contributed by atoms with Crippen LogP contribution in [0.5, 0.6) is 0 Å². The van der Waals surface area contributed by atoms with Crippen molar-refractivity contribution >= 4 is 11.9 Å². The molecule has 1 amide bonds. The Morgan fingerprint density at radius 3 is 2.53 bits per heavy atom. The lowest BCUT2D eigenvalue weighted by atomic mass is 10.2. The third kappa shape index (κ3) is 3.34. The van der Waals surface area contributed by atoms with Crippen LogP contribution in [0.15, 0.2) is 16.7 Å². The highest BCUT2D eigenvalue weighted by Crippen LogP contribution is 2.12. The summed E-state index contributed by atoms with van der Waals surface area (Å²) in [6, 6.07) is 1.56. The van der Waals surface area contributed by atoms with Crippen LogP contribution in [-0.4, -0.2) is 36.5 Å². The number of esters is 1. The summed E-state index contributed by atoms with van der Waals surface area (Å²) in [4.78, 5) is 24.8. The second-order valence-corrected chi connectivity index (χ2v) is 4.05. The summed E-state index contributed by atoms with van der Waals surface area (Å²) in [7, 11) is 1.30. The lowest BCUT2D eigenvalue weighted by Gasteiger charge is -2.24. The minimum Gasteiger partial charge on any atom is -0.469 e. The molecule has 0 aliphatic carbocycles. The van der Waals surface area contributed by atoms with Crippen LogP contribution in [0.1, 0.15) is 30.0 Å². The maximum Gasteiger partial charge on any atom is 0.325 e. The minimum atomic E-state index is -0.438. The van der Waals surface area contributed by atoms with Crippen LogP contribution in [0.25, 0.3) is 0 Å². The van der Waals surface area contributed by atoms with Crippen LogP contribution in [0.2, 0.25) is 0 Å². The van der Waals surface area contributed by atoms with Gasteiger partial charge in [-0.15, -0.1) is 0 Å². The number of furan rings is 1. The Hall–Kier alpha value is -1.78. The van der Waals surface area contributed by atoms with Crippen LogP contribution in [0.3, 0.4) is 0 Å². The van der Waals surface area contributed by atoms with Crippen LogP contribution >= 0.6 is 0 Å². The molecule has 17 heavy (non-hydrogen) atoms. The van der Waals surface area contributed by atoms with Crippen molar-refractivity contribution in [1.82, 2.24) is 4.90 Å². The Balaban J connectivity index is 2.84. The van der Waals surface area contributed by atoms with Gasteiger partial charge in [-0.3, -0.25) is 9.59 Å². The van der Waals surface area contributed by atoms with E-state index < -0.39 is 5.97 Å². The van der Waals surface area contributed by atoms with E-state index in [4.69, 9.17) is 4.42 Å². The normalized spacial score (nSPS) is 10.4. The predicted molar refractivity (Wildman–Crippen MR) is 61.6 cm³/mol. The number of hydrogen-bond acceptors (Lipinski definition) is 4. The topological polar surface area (TPSA) is 59.8 Å². The van der Waals surface area contributed by atoms with Gasteiger partial charge in [0.2, 0.25) is 0 Å². The number of aryl methyl sites for hydroxylation is 1. The molecular formula is C12H17NO4. The molecule has 0 unspecified atom stereocenters. The van der Waals surface area contributed by atoms with Gasteiger partial charge in [0.15, 0.2) is 0 Å². The van der Waals surface area contributed by atoms with Crippen molar-refractivity contribution < 1.29 is 18.7 Å². The smallest absolute Gasteiger partial charge is 0.325 e. The molecule has 0 atom stereocenters. The number of ether oxygens (including phenoxy) is 1. The SMILES string of the molecule is COC(=O)CN(C(=O)c1coc(C)c1)C(C)C. The molecule has 1 aromatic rings. The minimum absolute atomic E-state index is 0.0583. The van der Waals surface area contributed by atoms with E-state index >= 15 is 0 Å². The van der Waals surface area contributed by atoms with Crippen molar-refractivity contribution in [1.29, 1.82) is 0 Å². The van der Waals surface area contributed by atoms with Gasteiger partial charge in [0.05, 0.1) is 12.7 Å². The third-order valence-corrected chi connectivity index (χ3v) is 2.39. The van der Waals surface area contributed by atoms with Crippen LogP contribution in [-0.2, 0) is 9.53 Å². The molecule has 5 heteroatoms. The first-order valence-corrected chi connectivity index (χ1v) is 5.38. The van der Waals surface area contributed by atoms with E-state index in [1.165, 1.54) is 18.3 Å². The predicted octanol–water partition coefficient (Wildman–Crippen LogP) is 1.61. The molecule has 1 rings (SSSR count). The van der Waals surface area contributed by atoms with E-state index in [-0.39, 0.29) is 18.5 Å². The number of methoxy groups -OCH3 is 1. The standard InChI is InChI=1S/C12H17NO4/c1-8(2)13(6-11(14)16-4)12(15)10-5-9(3)17-7-10/h5,7-8H,6H2,1-4H3. The van der Waals surface area contributed by atoms with Crippen LogP contribution < -0.4 is 0 Å². The van der Waals surface area contributed by atoms with Crippen molar-refractivity contribution in [3.8, 4) is 0 Å². The van der Waals surface area contributed by atoms with Gasteiger partial charge >= 0.3 is 5.97 Å². The van der Waals surface area contributed by atoms with Gasteiger partial charge in [0.25, 0.3) is 5.91 Å². The summed E-state index contributed by atoms with van der Waals surface area (Å²) in [5.41, 5.74) is 0.445. The van der Waals surface area contributed by atoms with E-state index in [0.29, 0.717) is 11.3 Å². The van der Waals surface area contributed by atoms with E-state index in [2.05, 4.69) is 4.74 Å². The molecule has 0 aromatic carbocycles. The second-order valence-electron chi connectivity index (χ2n) is 4.05. The first-order chi connectivity index (χ1) is 7.95. The molecule has 0 saturated carbocycles. The Morgan fingerprint density at radius 2 is 2.12 bits per heavy atom. The van der Waals surface area contributed by atoms with Crippen molar-refractivity contribution in [3.63, 3.8) is 0 Å². The maximum absolute atomic E-state index is 12.1. The highest BCUT2D eigenvalue weighted by atomic mass is 16.5. The Labute approximate surface area is 100 Å². The molecule has 94 valence electrons. The Bertz CT molecular complexity index is 408. The van der Waals surface area contributed by atoms with Gasteiger partial charge in [-0.25, -0.2) is 0 Å². The number of nitrogens with zero attached hydrogens (tertiary/aromatic N) is 1. The molecule has 0 radical (unpaired) electrons. The second kappa shape index (κ2) is 5.52. The summed E-state index contributed by atoms with van der Waals surface area (Å²) in [6.07, 6.45) is 1.39. The monoisotopic (exact) mass is 239 g/mol. The number of amides is 1. The first-order valence-electron chi connectivity index (χ1n) is 5.38. The van der Waals surface area contributed by atoms with Crippen LogP contribution in [0.4, 0.5) is 0 Å². The largest absolute Gasteiger partial charge is 0.469 e. The van der Waals surface area contributed by atoms with Crippen molar-refractivity contribution in [2.45, 2.75) is 26.8 Å². The van der Waals surface area contributed by atoms with Crippen molar-refractivity contribution in [2.24, 2.45) is 0 Å². The van der Waals surface area contributed by atoms with Gasteiger partial charge in [-0.1, -0.05) is 0 Å². The van der Waals surface area contributed by atoms with Gasteiger partial charge in [-0.2, -0.15) is 0 Å². The average Bonchev–Trinajstić information content (AvgIpc) is 2.71. The quantitative estimate of drug-likeness (QED) is 0.749. The zero-order valence-corrected chi connectivity index (χ0v) is 10.5. The lowest BCUT2D eigenvalue weighted by molar-refractivity contribution is -0.141. The molecule has 1 heterocycles. The summed E-state index contributed by atoms with van der Waals surface area (Å²) >= 11 is 0. The fourth-order valence-corrected chi connectivity index (χ4v) is 1.41. The fourth-order valence-electron chi connectivity index (χ4n) is 1.41. The van der Waals surface area contributed by atoms with Gasteiger partial charge in [0.1, 0.15) is 18.6 Å². The van der Waals surface area contributed by atoms with E-state index in [1.54, 1.807) is 13.0 Å². The van der Waals surface area contributed by atoms with Gasteiger partial charge in [0, 0.05) is 6.04 Å². The van der Waals surface area contributed by atoms with E-state index in [0.717, 1.165) is 0 Å². The molecule has 1 aromatic heterocycles. The molecular weight excluding hydrogens is 222 g/mol. The summed E-state index contributed by atoms with van der Waals surface area (Å²) in [5, 5.41) is 0. The molecule has 0 bridgehead atoms. The van der Waals surface area contributed by atoms with Gasteiger partial charge in [-0.05, 0) is 26.8 Å². The van der Waals surface area contributed by atoms with E-state index in [9.17, 15) is 9.59 Å². The van der Waals surface area contributed by atoms with Crippen LogP contribution in [0, 0.1) is 6.92 Å². The summed E-state index contributed by atoms with van der Waals surface area (Å²) in [6.45, 7) is 5.38. The first kappa shape index (κ1) is 13.3. The molecule has 0 aliphatic heterocycles. The molecule has 0 saturated heterocycles. The van der Waals surface area contributed by atoms with Crippen molar-refractivity contribution in [3.05, 3.63) is 23.7 Å². The summed E-state index contributed by atoms with van der Waals surface area (Å²) in [5.74, 6) is -0.00959. The zero-order chi connectivity index (χ0) is 13.0.